The van der Waals surface area contributed by atoms with E-state index in [-0.39, 0.29) is 12.4 Å². The molecule has 33 heavy (non-hydrogen) atoms. The summed E-state index contributed by atoms with van der Waals surface area (Å²) in [6, 6.07) is 11.2. The highest BCUT2D eigenvalue weighted by Crippen LogP contribution is 2.39. The summed E-state index contributed by atoms with van der Waals surface area (Å²) in [7, 11) is 0. The van der Waals surface area contributed by atoms with Gasteiger partial charge in [0.1, 0.15) is 18.2 Å². The number of hydrogen-bond donors (Lipinski definition) is 2. The second kappa shape index (κ2) is 10.2. The van der Waals surface area contributed by atoms with Gasteiger partial charge in [-0.3, -0.25) is 4.98 Å². The maximum Gasteiger partial charge on any atom is 0.419 e. The zero-order valence-corrected chi connectivity index (χ0v) is 19.0. The van der Waals surface area contributed by atoms with E-state index in [1.54, 1.807) is 43.7 Å². The van der Waals surface area contributed by atoms with Crippen molar-refractivity contribution in [3.05, 3.63) is 72.2 Å². The molecular weight excluding hydrogens is 429 g/mol. The van der Waals surface area contributed by atoms with Gasteiger partial charge in [0.15, 0.2) is 0 Å². The second-order valence-electron chi connectivity index (χ2n) is 8.89. The van der Waals surface area contributed by atoms with Gasteiger partial charge in [0.25, 0.3) is 0 Å². The van der Waals surface area contributed by atoms with E-state index in [4.69, 9.17) is 10.5 Å². The van der Waals surface area contributed by atoms with Gasteiger partial charge in [-0.15, -0.1) is 0 Å². The molecule has 0 fully saturated rings. The van der Waals surface area contributed by atoms with Gasteiger partial charge in [0.2, 0.25) is 0 Å². The Labute approximate surface area is 192 Å². The van der Waals surface area contributed by atoms with Gasteiger partial charge in [0.05, 0.1) is 5.56 Å². The SMILES string of the molecule is CC(C)C[C@](C)(N)COc1ccc(-c2ccnc(NCc3cccnc3)c2)cc1C(F)(F)F. The van der Waals surface area contributed by atoms with Crippen LogP contribution in [-0.4, -0.2) is 22.1 Å². The smallest absolute Gasteiger partial charge is 0.419 e. The summed E-state index contributed by atoms with van der Waals surface area (Å²) in [6.45, 7) is 6.29. The Balaban J connectivity index is 1.81. The van der Waals surface area contributed by atoms with Crippen LogP contribution in [-0.2, 0) is 12.7 Å². The molecule has 0 aliphatic carbocycles. The number of nitrogens with one attached hydrogen (secondary N) is 1. The van der Waals surface area contributed by atoms with Crippen LogP contribution in [0, 0.1) is 5.92 Å². The van der Waals surface area contributed by atoms with E-state index in [1.165, 1.54) is 6.07 Å². The lowest BCUT2D eigenvalue weighted by Crippen LogP contribution is -2.43. The monoisotopic (exact) mass is 458 g/mol. The van der Waals surface area contributed by atoms with E-state index in [2.05, 4.69) is 15.3 Å². The predicted octanol–water partition coefficient (Wildman–Crippen LogP) is 5.92. The van der Waals surface area contributed by atoms with Crippen LogP contribution in [0.3, 0.4) is 0 Å². The Morgan fingerprint density at radius 1 is 1.06 bits per heavy atom. The first kappa shape index (κ1) is 24.5. The Morgan fingerprint density at radius 3 is 2.48 bits per heavy atom. The maximum absolute atomic E-state index is 13.8. The number of alkyl halides is 3. The van der Waals surface area contributed by atoms with Crippen LogP contribution in [0.4, 0.5) is 19.0 Å². The lowest BCUT2D eigenvalue weighted by Gasteiger charge is -2.27. The van der Waals surface area contributed by atoms with Crippen molar-refractivity contribution in [1.82, 2.24) is 9.97 Å². The van der Waals surface area contributed by atoms with Gasteiger partial charge in [-0.1, -0.05) is 26.0 Å². The first-order valence-corrected chi connectivity index (χ1v) is 10.8. The largest absolute Gasteiger partial charge is 0.491 e. The van der Waals surface area contributed by atoms with Crippen molar-refractivity contribution in [2.45, 2.75) is 45.5 Å². The standard InChI is InChI=1S/C25H29F3N4O/c1-17(2)13-24(3,29)16-33-22-7-6-19(11-21(22)25(26,27)28)20-8-10-31-23(12-20)32-15-18-5-4-9-30-14-18/h4-12,14,17H,13,15-16,29H2,1-3H3,(H,31,32)/t24-/m0/s1. The Bertz CT molecular complexity index is 1050. The summed E-state index contributed by atoms with van der Waals surface area (Å²) in [5, 5.41) is 3.17. The van der Waals surface area contributed by atoms with Crippen molar-refractivity contribution in [3.8, 4) is 16.9 Å². The molecule has 0 unspecified atom stereocenters. The number of pyridine rings is 2. The van der Waals surface area contributed by atoms with Crippen molar-refractivity contribution < 1.29 is 17.9 Å². The van der Waals surface area contributed by atoms with Gasteiger partial charge >= 0.3 is 6.18 Å². The van der Waals surface area contributed by atoms with Crippen molar-refractivity contribution >= 4 is 5.82 Å². The topological polar surface area (TPSA) is 73.1 Å². The van der Waals surface area contributed by atoms with E-state index in [0.717, 1.165) is 11.6 Å². The number of rotatable bonds is 9. The Hall–Kier alpha value is -3.13. The van der Waals surface area contributed by atoms with Gasteiger partial charge in [-0.25, -0.2) is 4.98 Å². The molecule has 1 aromatic carbocycles. The summed E-state index contributed by atoms with van der Waals surface area (Å²) in [5.41, 5.74) is 6.64. The molecular formula is C25H29F3N4O. The maximum atomic E-state index is 13.8. The molecule has 0 aliphatic rings. The van der Waals surface area contributed by atoms with E-state index in [1.807, 2.05) is 26.0 Å². The normalized spacial score (nSPS) is 13.6. The molecule has 3 rings (SSSR count). The highest BCUT2D eigenvalue weighted by atomic mass is 19.4. The average molecular weight is 459 g/mol. The van der Waals surface area contributed by atoms with Crippen LogP contribution in [0.1, 0.15) is 38.3 Å². The number of aromatic nitrogens is 2. The third kappa shape index (κ3) is 7.18. The fraction of sp³-hybridized carbons (Fsp3) is 0.360. The highest BCUT2D eigenvalue weighted by molar-refractivity contribution is 5.68. The summed E-state index contributed by atoms with van der Waals surface area (Å²) < 4.78 is 47.0. The first-order chi connectivity index (χ1) is 15.5. The van der Waals surface area contributed by atoms with E-state index < -0.39 is 17.3 Å². The van der Waals surface area contributed by atoms with Crippen molar-refractivity contribution in [1.29, 1.82) is 0 Å². The number of nitrogens with zero attached hydrogens (tertiary/aromatic N) is 2. The van der Waals surface area contributed by atoms with E-state index in [9.17, 15) is 13.2 Å². The zero-order valence-electron chi connectivity index (χ0n) is 19.0. The molecule has 0 amide bonds. The fourth-order valence-electron chi connectivity index (χ4n) is 3.69. The number of hydrogen-bond acceptors (Lipinski definition) is 5. The third-order valence-electron chi connectivity index (χ3n) is 5.01. The molecule has 0 saturated heterocycles. The molecule has 176 valence electrons. The number of anilines is 1. The molecule has 0 saturated carbocycles. The summed E-state index contributed by atoms with van der Waals surface area (Å²) in [6.07, 6.45) is 1.05. The van der Waals surface area contributed by atoms with Gasteiger partial charge in [0, 0.05) is 30.7 Å². The van der Waals surface area contributed by atoms with Crippen molar-refractivity contribution in [2.24, 2.45) is 11.7 Å². The fourth-order valence-corrected chi connectivity index (χ4v) is 3.69. The zero-order chi connectivity index (χ0) is 24.1. The molecule has 0 bridgehead atoms. The van der Waals surface area contributed by atoms with Crippen molar-refractivity contribution in [2.75, 3.05) is 11.9 Å². The predicted molar refractivity (Wildman–Crippen MR) is 124 cm³/mol. The van der Waals surface area contributed by atoms with Gasteiger partial charge in [-0.05, 0) is 66.3 Å². The lowest BCUT2D eigenvalue weighted by atomic mass is 9.93. The van der Waals surface area contributed by atoms with Crippen LogP contribution >= 0.6 is 0 Å². The number of nitrogens with two attached hydrogens (primary N) is 1. The Kier molecular flexibility index (Phi) is 7.58. The van der Waals surface area contributed by atoms with Crippen molar-refractivity contribution in [3.63, 3.8) is 0 Å². The quantitative estimate of drug-likeness (QED) is 0.417. The molecule has 3 N–H and O–H groups in total. The molecule has 5 nitrogen and oxygen atoms in total. The van der Waals surface area contributed by atoms with E-state index in [0.29, 0.717) is 35.8 Å². The van der Waals surface area contributed by atoms with Crippen LogP contribution in [0.15, 0.2) is 61.1 Å². The van der Waals surface area contributed by atoms with Gasteiger partial charge in [-0.2, -0.15) is 13.2 Å². The summed E-state index contributed by atoms with van der Waals surface area (Å²) in [5.74, 6) is 0.634. The number of ether oxygens (including phenoxy) is 1. The summed E-state index contributed by atoms with van der Waals surface area (Å²) >= 11 is 0. The molecule has 0 aliphatic heterocycles. The molecule has 2 heterocycles. The molecule has 1 atom stereocenters. The minimum Gasteiger partial charge on any atom is -0.491 e. The first-order valence-electron chi connectivity index (χ1n) is 10.8. The molecule has 2 aromatic heterocycles. The molecule has 3 aromatic rings. The minimum atomic E-state index is -4.57. The van der Waals surface area contributed by atoms with Gasteiger partial charge < -0.3 is 15.8 Å². The summed E-state index contributed by atoms with van der Waals surface area (Å²) in [4.78, 5) is 8.32. The minimum absolute atomic E-state index is 0.00866. The van der Waals surface area contributed by atoms with Crippen LogP contribution in [0.25, 0.3) is 11.1 Å². The molecule has 0 radical (unpaired) electrons. The van der Waals surface area contributed by atoms with Crippen LogP contribution in [0.5, 0.6) is 5.75 Å². The number of halogens is 3. The number of benzene rings is 1. The van der Waals surface area contributed by atoms with E-state index >= 15 is 0 Å². The van der Waals surface area contributed by atoms with Crippen LogP contribution < -0.4 is 15.8 Å². The average Bonchev–Trinajstić information content (AvgIpc) is 2.76. The molecule has 8 heteroatoms. The second-order valence-corrected chi connectivity index (χ2v) is 8.89. The van der Waals surface area contributed by atoms with Crippen LogP contribution in [0.2, 0.25) is 0 Å². The third-order valence-corrected chi connectivity index (χ3v) is 5.01. The Morgan fingerprint density at radius 2 is 1.82 bits per heavy atom. The highest BCUT2D eigenvalue weighted by Gasteiger charge is 2.35. The molecule has 0 spiro atoms. The lowest BCUT2D eigenvalue weighted by molar-refractivity contribution is -0.139.